The van der Waals surface area contributed by atoms with Crippen LogP contribution in [0.4, 0.5) is 0 Å². The Morgan fingerprint density at radius 1 is 1.24 bits per heavy atom. The van der Waals surface area contributed by atoms with Crippen LogP contribution in [0.25, 0.3) is 21.9 Å². The largest absolute Gasteiger partial charge is 0.464 e. The second kappa shape index (κ2) is 6.72. The van der Waals surface area contributed by atoms with Crippen LogP contribution in [0.1, 0.15) is 30.0 Å². The van der Waals surface area contributed by atoms with Gasteiger partial charge in [0.1, 0.15) is 11.2 Å². The van der Waals surface area contributed by atoms with Crippen molar-refractivity contribution in [1.29, 1.82) is 0 Å². The number of carbonyl (C=O) groups excluding carboxylic acids is 1. The van der Waals surface area contributed by atoms with Crippen LogP contribution in [0, 0.1) is 13.8 Å². The minimum atomic E-state index is -0.600. The molecule has 25 heavy (non-hydrogen) atoms. The minimum Gasteiger partial charge on any atom is -0.464 e. The Morgan fingerprint density at radius 2 is 2.00 bits per heavy atom. The molecule has 6 heteroatoms. The molecule has 2 heterocycles. The first-order valence-electron chi connectivity index (χ1n) is 8.25. The lowest BCUT2D eigenvalue weighted by molar-refractivity contribution is -0.121. The molecule has 1 atom stereocenters. The van der Waals surface area contributed by atoms with E-state index >= 15 is 0 Å². The van der Waals surface area contributed by atoms with E-state index in [2.05, 4.69) is 5.32 Å². The summed E-state index contributed by atoms with van der Waals surface area (Å²) in [4.78, 5) is 24.1. The quantitative estimate of drug-likeness (QED) is 0.695. The van der Waals surface area contributed by atoms with Gasteiger partial charge in [0.15, 0.2) is 0 Å². The molecule has 3 rings (SSSR count). The average Bonchev–Trinajstić information content (AvgIpc) is 2.91. The van der Waals surface area contributed by atoms with E-state index in [1.807, 2.05) is 19.9 Å². The van der Waals surface area contributed by atoms with Crippen LogP contribution in [0.15, 0.2) is 32.0 Å². The summed E-state index contributed by atoms with van der Waals surface area (Å²) in [6, 6.07) is 3.68. The molecular weight excluding hydrogens is 322 g/mol. The molecule has 2 aromatic heterocycles. The number of amides is 1. The Morgan fingerprint density at radius 3 is 2.72 bits per heavy atom. The van der Waals surface area contributed by atoms with Crippen LogP contribution in [-0.2, 0) is 11.2 Å². The van der Waals surface area contributed by atoms with Crippen LogP contribution >= 0.6 is 0 Å². The summed E-state index contributed by atoms with van der Waals surface area (Å²) in [5.41, 5.74) is 3.05. The summed E-state index contributed by atoms with van der Waals surface area (Å²) in [5.74, 6) is -0.207. The second-order valence-electron chi connectivity index (χ2n) is 6.41. The molecule has 0 fully saturated rings. The molecule has 1 aromatic carbocycles. The standard InChI is InChI=1S/C19H21NO5/c1-10-9-24-16-7-17-15(6-14(10)16)12(3)13(19(23)25-17)4-5-18(22)20-8-11(2)21/h6-7,9,11,21H,4-5,8H2,1-3H3,(H,20,22)/t11-/m0/s1. The summed E-state index contributed by atoms with van der Waals surface area (Å²) in [7, 11) is 0. The van der Waals surface area contributed by atoms with Gasteiger partial charge in [-0.15, -0.1) is 0 Å². The molecule has 2 N–H and O–H groups in total. The number of carbonyl (C=O) groups is 1. The van der Waals surface area contributed by atoms with Crippen molar-refractivity contribution in [3.05, 3.63) is 45.5 Å². The molecule has 3 aromatic rings. The van der Waals surface area contributed by atoms with E-state index in [1.165, 1.54) is 0 Å². The fraction of sp³-hybridized carbons (Fsp3) is 0.368. The summed E-state index contributed by atoms with van der Waals surface area (Å²) < 4.78 is 10.9. The van der Waals surface area contributed by atoms with Gasteiger partial charge in [-0.2, -0.15) is 0 Å². The Kier molecular flexibility index (Phi) is 4.63. The zero-order chi connectivity index (χ0) is 18.1. The van der Waals surface area contributed by atoms with Crippen molar-refractivity contribution < 1.29 is 18.7 Å². The Hall–Kier alpha value is -2.60. The molecule has 0 aliphatic rings. The van der Waals surface area contributed by atoms with Gasteiger partial charge in [-0.1, -0.05) is 0 Å². The van der Waals surface area contributed by atoms with Crippen molar-refractivity contribution in [2.24, 2.45) is 0 Å². The highest BCUT2D eigenvalue weighted by atomic mass is 16.4. The molecule has 0 aliphatic heterocycles. The maximum absolute atomic E-state index is 12.3. The Balaban J connectivity index is 1.93. The van der Waals surface area contributed by atoms with E-state index in [0.717, 1.165) is 21.9 Å². The van der Waals surface area contributed by atoms with Crippen molar-refractivity contribution >= 4 is 27.8 Å². The molecule has 0 bridgehead atoms. The molecule has 0 spiro atoms. The van der Waals surface area contributed by atoms with Crippen LogP contribution in [0.3, 0.4) is 0 Å². The van der Waals surface area contributed by atoms with Crippen molar-refractivity contribution in [2.45, 2.75) is 39.7 Å². The van der Waals surface area contributed by atoms with E-state index in [0.29, 0.717) is 16.7 Å². The van der Waals surface area contributed by atoms with Crippen molar-refractivity contribution in [3.63, 3.8) is 0 Å². The highest BCUT2D eigenvalue weighted by Crippen LogP contribution is 2.28. The van der Waals surface area contributed by atoms with Crippen LogP contribution < -0.4 is 10.9 Å². The normalized spacial score (nSPS) is 12.6. The van der Waals surface area contributed by atoms with Crippen molar-refractivity contribution in [2.75, 3.05) is 6.54 Å². The van der Waals surface area contributed by atoms with Gasteiger partial charge in [-0.25, -0.2) is 4.79 Å². The molecule has 0 saturated heterocycles. The van der Waals surface area contributed by atoms with Gasteiger partial charge in [-0.05, 0) is 44.4 Å². The van der Waals surface area contributed by atoms with Crippen LogP contribution in [0.5, 0.6) is 0 Å². The zero-order valence-corrected chi connectivity index (χ0v) is 14.5. The summed E-state index contributed by atoms with van der Waals surface area (Å²) in [5, 5.41) is 13.6. The third-order valence-electron chi connectivity index (χ3n) is 4.37. The number of furan rings is 1. The first kappa shape index (κ1) is 17.2. The van der Waals surface area contributed by atoms with Gasteiger partial charge in [-0.3, -0.25) is 4.79 Å². The number of hydrogen-bond donors (Lipinski definition) is 2. The molecule has 0 unspecified atom stereocenters. The van der Waals surface area contributed by atoms with Gasteiger partial charge in [0.2, 0.25) is 5.91 Å². The monoisotopic (exact) mass is 343 g/mol. The molecular formula is C19H21NO5. The van der Waals surface area contributed by atoms with E-state index in [4.69, 9.17) is 8.83 Å². The van der Waals surface area contributed by atoms with Crippen LogP contribution in [0.2, 0.25) is 0 Å². The number of rotatable bonds is 5. The van der Waals surface area contributed by atoms with E-state index in [-0.39, 0.29) is 25.3 Å². The van der Waals surface area contributed by atoms with Gasteiger partial charge in [0.25, 0.3) is 0 Å². The number of aliphatic hydroxyl groups excluding tert-OH is 1. The highest BCUT2D eigenvalue weighted by molar-refractivity contribution is 5.96. The first-order chi connectivity index (χ1) is 11.9. The number of nitrogens with one attached hydrogen (secondary N) is 1. The number of aliphatic hydroxyl groups is 1. The Labute approximate surface area is 144 Å². The minimum absolute atomic E-state index is 0.164. The van der Waals surface area contributed by atoms with E-state index in [9.17, 15) is 14.7 Å². The number of aryl methyl sites for hydroxylation is 2. The fourth-order valence-corrected chi connectivity index (χ4v) is 2.91. The first-order valence-corrected chi connectivity index (χ1v) is 8.25. The van der Waals surface area contributed by atoms with Gasteiger partial charge < -0.3 is 19.3 Å². The van der Waals surface area contributed by atoms with Crippen molar-refractivity contribution in [3.8, 4) is 0 Å². The summed E-state index contributed by atoms with van der Waals surface area (Å²) in [6.07, 6.45) is 1.52. The van der Waals surface area contributed by atoms with Gasteiger partial charge >= 0.3 is 5.63 Å². The van der Waals surface area contributed by atoms with Crippen LogP contribution in [-0.4, -0.2) is 23.7 Å². The second-order valence-corrected chi connectivity index (χ2v) is 6.41. The fourth-order valence-electron chi connectivity index (χ4n) is 2.91. The maximum atomic E-state index is 12.3. The topological polar surface area (TPSA) is 92.7 Å². The lowest BCUT2D eigenvalue weighted by Gasteiger charge is -2.09. The maximum Gasteiger partial charge on any atom is 0.339 e. The molecule has 0 saturated carbocycles. The molecule has 0 aliphatic carbocycles. The highest BCUT2D eigenvalue weighted by Gasteiger charge is 2.15. The Bertz CT molecular complexity index is 996. The lowest BCUT2D eigenvalue weighted by atomic mass is 10.0. The summed E-state index contributed by atoms with van der Waals surface area (Å²) in [6.45, 7) is 5.62. The predicted octanol–water partition coefficient (Wildman–Crippen LogP) is 2.59. The molecule has 6 nitrogen and oxygen atoms in total. The average molecular weight is 343 g/mol. The van der Waals surface area contributed by atoms with Gasteiger partial charge in [0, 0.05) is 35.4 Å². The zero-order valence-electron chi connectivity index (χ0n) is 14.5. The molecule has 1 amide bonds. The number of hydrogen-bond acceptors (Lipinski definition) is 5. The smallest absolute Gasteiger partial charge is 0.339 e. The third kappa shape index (κ3) is 3.44. The lowest BCUT2D eigenvalue weighted by Crippen LogP contribution is -2.31. The van der Waals surface area contributed by atoms with Gasteiger partial charge in [0.05, 0.1) is 12.4 Å². The summed E-state index contributed by atoms with van der Waals surface area (Å²) >= 11 is 0. The number of benzene rings is 1. The van der Waals surface area contributed by atoms with E-state index in [1.54, 1.807) is 19.3 Å². The third-order valence-corrected chi connectivity index (χ3v) is 4.37. The predicted molar refractivity (Wildman–Crippen MR) is 94.7 cm³/mol. The SMILES string of the molecule is Cc1coc2cc3oc(=O)c(CCC(=O)NC[C@H](C)O)c(C)c3cc12. The number of fused-ring (bicyclic) bond motifs is 2. The van der Waals surface area contributed by atoms with E-state index < -0.39 is 11.7 Å². The van der Waals surface area contributed by atoms with Crippen molar-refractivity contribution in [1.82, 2.24) is 5.32 Å². The molecule has 0 radical (unpaired) electrons. The molecule has 132 valence electrons.